The monoisotopic (exact) mass is 410 g/mol. The van der Waals surface area contributed by atoms with Gasteiger partial charge in [0.15, 0.2) is 5.11 Å². The van der Waals surface area contributed by atoms with Crippen molar-refractivity contribution in [1.29, 1.82) is 0 Å². The highest BCUT2D eigenvalue weighted by atomic mass is 32.1. The summed E-state index contributed by atoms with van der Waals surface area (Å²) < 4.78 is 20.8. The number of ether oxygens (including phenoxy) is 1. The van der Waals surface area contributed by atoms with Crippen LogP contribution in [0.4, 0.5) is 4.39 Å². The lowest BCUT2D eigenvalue weighted by Crippen LogP contribution is -2.39. The second-order valence-electron chi connectivity index (χ2n) is 6.99. The number of aromatic nitrogens is 2. The summed E-state index contributed by atoms with van der Waals surface area (Å²) in [4.78, 5) is 0. The highest BCUT2D eigenvalue weighted by molar-refractivity contribution is 7.80. The average molecular weight is 411 g/mol. The Morgan fingerprint density at radius 1 is 1.14 bits per heavy atom. The number of nitrogens with one attached hydrogen (secondary N) is 2. The maximum Gasteiger partial charge on any atom is 0.166 e. The molecule has 2 heterocycles. The third kappa shape index (κ3) is 4.99. The predicted molar refractivity (Wildman–Crippen MR) is 115 cm³/mol. The molecule has 0 amide bonds. The predicted octanol–water partition coefficient (Wildman–Crippen LogP) is 3.82. The van der Waals surface area contributed by atoms with Crippen LogP contribution in [0.25, 0.3) is 16.9 Å². The molecule has 1 fully saturated rings. The molecule has 0 bridgehead atoms. The topological polar surface area (TPSA) is 51.1 Å². The molecule has 0 radical (unpaired) electrons. The maximum atomic E-state index is 13.4. The Kier molecular flexibility index (Phi) is 6.17. The van der Waals surface area contributed by atoms with Gasteiger partial charge in [-0.3, -0.25) is 0 Å². The third-order valence-corrected chi connectivity index (χ3v) is 5.17. The van der Waals surface area contributed by atoms with Gasteiger partial charge in [0.25, 0.3) is 0 Å². The standard InChI is InChI=1S/C22H23FN4OS/c23-18-10-8-16(9-11-18)21-17(15-27(26-21)19-5-2-1-3-6-19)13-24-22(29)25-14-20-7-4-12-28-20/h1-3,5-6,8-11,15,20H,4,7,12-14H2,(H2,24,25,29)/t20-/m1/s1. The van der Waals surface area contributed by atoms with E-state index in [1.54, 1.807) is 12.1 Å². The Balaban J connectivity index is 1.50. The van der Waals surface area contributed by atoms with Gasteiger partial charge in [0, 0.05) is 37.0 Å². The normalized spacial score (nSPS) is 16.0. The van der Waals surface area contributed by atoms with Crippen LogP contribution in [0, 0.1) is 5.82 Å². The van der Waals surface area contributed by atoms with Crippen molar-refractivity contribution in [1.82, 2.24) is 20.4 Å². The molecule has 150 valence electrons. The zero-order chi connectivity index (χ0) is 20.1. The van der Waals surface area contributed by atoms with Gasteiger partial charge in [-0.15, -0.1) is 0 Å². The van der Waals surface area contributed by atoms with Gasteiger partial charge in [-0.2, -0.15) is 5.10 Å². The van der Waals surface area contributed by atoms with E-state index in [2.05, 4.69) is 10.6 Å². The molecule has 1 aliphatic rings. The molecule has 4 rings (SSSR count). The van der Waals surface area contributed by atoms with Gasteiger partial charge >= 0.3 is 0 Å². The van der Waals surface area contributed by atoms with Crippen LogP contribution in [0.5, 0.6) is 0 Å². The summed E-state index contributed by atoms with van der Waals surface area (Å²) in [6, 6.07) is 16.3. The fourth-order valence-corrected chi connectivity index (χ4v) is 3.51. The second-order valence-corrected chi connectivity index (χ2v) is 7.40. The molecule has 7 heteroatoms. The molecule has 1 aliphatic heterocycles. The van der Waals surface area contributed by atoms with Crippen molar-refractivity contribution in [3.05, 3.63) is 72.2 Å². The van der Waals surface area contributed by atoms with Crippen molar-refractivity contribution in [3.8, 4) is 16.9 Å². The van der Waals surface area contributed by atoms with Gasteiger partial charge in [-0.05, 0) is 61.5 Å². The summed E-state index contributed by atoms with van der Waals surface area (Å²) >= 11 is 5.41. The first-order chi connectivity index (χ1) is 14.2. The van der Waals surface area contributed by atoms with Crippen molar-refractivity contribution in [2.24, 2.45) is 0 Å². The van der Waals surface area contributed by atoms with Crippen molar-refractivity contribution in [2.45, 2.75) is 25.5 Å². The number of thiocarbonyl (C=S) groups is 1. The molecule has 1 aromatic heterocycles. The number of rotatable bonds is 6. The number of halogens is 1. The summed E-state index contributed by atoms with van der Waals surface area (Å²) in [5.41, 5.74) is 3.59. The maximum absolute atomic E-state index is 13.4. The van der Waals surface area contributed by atoms with E-state index in [0.29, 0.717) is 18.2 Å². The summed E-state index contributed by atoms with van der Waals surface area (Å²) in [6.45, 7) is 2.04. The Labute approximate surface area is 174 Å². The van der Waals surface area contributed by atoms with Gasteiger partial charge in [0.1, 0.15) is 5.82 Å². The Morgan fingerprint density at radius 3 is 2.66 bits per heavy atom. The number of hydrogen-bond acceptors (Lipinski definition) is 3. The summed E-state index contributed by atoms with van der Waals surface area (Å²) in [5, 5.41) is 11.8. The van der Waals surface area contributed by atoms with E-state index in [4.69, 9.17) is 22.1 Å². The number of nitrogens with zero attached hydrogens (tertiary/aromatic N) is 2. The summed E-state index contributed by atoms with van der Waals surface area (Å²) in [5.74, 6) is -0.268. The minimum atomic E-state index is -0.268. The van der Waals surface area contributed by atoms with E-state index in [1.165, 1.54) is 12.1 Å². The molecule has 29 heavy (non-hydrogen) atoms. The lowest BCUT2D eigenvalue weighted by Gasteiger charge is -2.14. The van der Waals surface area contributed by atoms with Crippen LogP contribution in [0.2, 0.25) is 0 Å². The molecule has 0 aliphatic carbocycles. The molecule has 1 atom stereocenters. The largest absolute Gasteiger partial charge is 0.376 e. The first-order valence-electron chi connectivity index (χ1n) is 9.72. The highest BCUT2D eigenvalue weighted by Gasteiger charge is 2.16. The van der Waals surface area contributed by atoms with Gasteiger partial charge in [0.2, 0.25) is 0 Å². The van der Waals surface area contributed by atoms with E-state index < -0.39 is 0 Å². The second kappa shape index (κ2) is 9.15. The molecule has 3 aromatic rings. The minimum absolute atomic E-state index is 0.227. The van der Waals surface area contributed by atoms with E-state index >= 15 is 0 Å². The van der Waals surface area contributed by atoms with Crippen molar-refractivity contribution in [3.63, 3.8) is 0 Å². The zero-order valence-corrected chi connectivity index (χ0v) is 16.8. The highest BCUT2D eigenvalue weighted by Crippen LogP contribution is 2.24. The average Bonchev–Trinajstić information content (AvgIpc) is 3.42. The van der Waals surface area contributed by atoms with E-state index in [0.717, 1.165) is 42.0 Å². The van der Waals surface area contributed by atoms with E-state index in [1.807, 2.05) is 41.2 Å². The molecule has 0 spiro atoms. The minimum Gasteiger partial charge on any atom is -0.376 e. The number of benzene rings is 2. The van der Waals surface area contributed by atoms with Gasteiger partial charge in [-0.25, -0.2) is 9.07 Å². The van der Waals surface area contributed by atoms with Gasteiger partial charge in [0.05, 0.1) is 17.5 Å². The fourth-order valence-electron chi connectivity index (χ4n) is 3.35. The van der Waals surface area contributed by atoms with E-state index in [9.17, 15) is 4.39 Å². The zero-order valence-electron chi connectivity index (χ0n) is 16.0. The van der Waals surface area contributed by atoms with Gasteiger partial charge < -0.3 is 15.4 Å². The Hall–Kier alpha value is -2.77. The van der Waals surface area contributed by atoms with E-state index in [-0.39, 0.29) is 11.9 Å². The molecular weight excluding hydrogens is 387 g/mol. The third-order valence-electron chi connectivity index (χ3n) is 4.88. The van der Waals surface area contributed by atoms with Crippen LogP contribution >= 0.6 is 12.2 Å². The van der Waals surface area contributed by atoms with Crippen LogP contribution in [0.1, 0.15) is 18.4 Å². The Bertz CT molecular complexity index is 953. The van der Waals surface area contributed by atoms with Crippen molar-refractivity contribution in [2.75, 3.05) is 13.2 Å². The van der Waals surface area contributed by atoms with Crippen molar-refractivity contribution < 1.29 is 9.13 Å². The van der Waals surface area contributed by atoms with Crippen LogP contribution in [-0.2, 0) is 11.3 Å². The number of hydrogen-bond donors (Lipinski definition) is 2. The fraction of sp³-hybridized carbons (Fsp3) is 0.273. The summed E-state index contributed by atoms with van der Waals surface area (Å²) in [7, 11) is 0. The molecule has 0 saturated carbocycles. The molecular formula is C22H23FN4OS. The quantitative estimate of drug-likeness (QED) is 0.605. The lowest BCUT2D eigenvalue weighted by atomic mass is 10.1. The number of para-hydroxylation sites is 1. The molecule has 5 nitrogen and oxygen atoms in total. The molecule has 2 aromatic carbocycles. The molecule has 0 unspecified atom stereocenters. The molecule has 2 N–H and O–H groups in total. The molecule has 1 saturated heterocycles. The van der Waals surface area contributed by atoms with Crippen LogP contribution < -0.4 is 10.6 Å². The smallest absolute Gasteiger partial charge is 0.166 e. The first-order valence-corrected chi connectivity index (χ1v) is 10.1. The lowest BCUT2D eigenvalue weighted by molar-refractivity contribution is 0.114. The first kappa shape index (κ1) is 19.5. The summed E-state index contributed by atoms with van der Waals surface area (Å²) in [6.07, 6.45) is 4.37. The van der Waals surface area contributed by atoms with Gasteiger partial charge in [-0.1, -0.05) is 18.2 Å². The SMILES string of the molecule is Fc1ccc(-c2nn(-c3ccccc3)cc2CNC(=S)NC[C@H]2CCCO2)cc1. The van der Waals surface area contributed by atoms with Crippen LogP contribution in [0.3, 0.4) is 0 Å². The Morgan fingerprint density at radius 2 is 1.93 bits per heavy atom. The van der Waals surface area contributed by atoms with Crippen LogP contribution in [-0.4, -0.2) is 34.1 Å². The van der Waals surface area contributed by atoms with Crippen molar-refractivity contribution >= 4 is 17.3 Å². The van der Waals surface area contributed by atoms with Crippen LogP contribution in [0.15, 0.2) is 60.8 Å².